The maximum Gasteiger partial charge on any atom is 0.269 e. The molecule has 1 aromatic heterocycles. The molecular formula is C15H16ClN3O. The quantitative estimate of drug-likeness (QED) is 0.921. The van der Waals surface area contributed by atoms with Crippen LogP contribution in [0.4, 0.5) is 5.69 Å². The van der Waals surface area contributed by atoms with Gasteiger partial charge in [-0.05, 0) is 36.5 Å². The van der Waals surface area contributed by atoms with Crippen LogP contribution in [0.3, 0.4) is 0 Å². The zero-order valence-electron chi connectivity index (χ0n) is 11.1. The molecule has 1 heterocycles. The minimum absolute atomic E-state index is 0.0965. The van der Waals surface area contributed by atoms with Gasteiger partial charge in [-0.1, -0.05) is 23.7 Å². The van der Waals surface area contributed by atoms with Crippen molar-refractivity contribution >= 4 is 17.3 Å². The average Bonchev–Trinajstić information content (AvgIpc) is 3.26. The monoisotopic (exact) mass is 289 g/mol. The predicted molar refractivity (Wildman–Crippen MR) is 80.3 cm³/mol. The van der Waals surface area contributed by atoms with Crippen LogP contribution in [0.5, 0.6) is 0 Å². The molecule has 1 saturated carbocycles. The van der Waals surface area contributed by atoms with Crippen molar-refractivity contribution in [3.05, 3.63) is 57.5 Å². The van der Waals surface area contributed by atoms with Gasteiger partial charge in [0.15, 0.2) is 0 Å². The zero-order chi connectivity index (χ0) is 13.9. The second-order valence-corrected chi connectivity index (χ2v) is 5.63. The van der Waals surface area contributed by atoms with Crippen molar-refractivity contribution in [3.63, 3.8) is 0 Å². The largest absolute Gasteiger partial charge is 0.383 e. The van der Waals surface area contributed by atoms with E-state index < -0.39 is 0 Å². The van der Waals surface area contributed by atoms with Crippen LogP contribution in [0, 0.1) is 5.92 Å². The van der Waals surface area contributed by atoms with E-state index in [4.69, 9.17) is 11.6 Å². The summed E-state index contributed by atoms with van der Waals surface area (Å²) in [5.74, 6) is 0.770. The van der Waals surface area contributed by atoms with Gasteiger partial charge < -0.3 is 5.32 Å². The number of halogens is 1. The predicted octanol–water partition coefficient (Wildman–Crippen LogP) is 2.77. The topological polar surface area (TPSA) is 46.9 Å². The van der Waals surface area contributed by atoms with Crippen molar-refractivity contribution in [2.24, 2.45) is 5.92 Å². The first-order chi connectivity index (χ1) is 9.70. The van der Waals surface area contributed by atoms with Gasteiger partial charge in [0.25, 0.3) is 5.56 Å². The van der Waals surface area contributed by atoms with E-state index in [1.165, 1.54) is 17.5 Å². The van der Waals surface area contributed by atoms with E-state index in [-0.39, 0.29) is 5.56 Å². The number of nitrogens with one attached hydrogen (secondary N) is 1. The lowest BCUT2D eigenvalue weighted by Crippen LogP contribution is -2.23. The number of anilines is 1. The first-order valence-electron chi connectivity index (χ1n) is 6.76. The van der Waals surface area contributed by atoms with Crippen molar-refractivity contribution in [1.82, 2.24) is 9.78 Å². The highest BCUT2D eigenvalue weighted by atomic mass is 35.5. The van der Waals surface area contributed by atoms with Gasteiger partial charge in [0.05, 0.1) is 18.4 Å². The van der Waals surface area contributed by atoms with E-state index in [1.54, 1.807) is 12.3 Å². The maximum absolute atomic E-state index is 12.0. The first kappa shape index (κ1) is 13.2. The fourth-order valence-corrected chi connectivity index (χ4v) is 2.12. The molecule has 2 aromatic rings. The highest BCUT2D eigenvalue weighted by molar-refractivity contribution is 6.30. The van der Waals surface area contributed by atoms with E-state index in [0.717, 1.165) is 23.7 Å². The summed E-state index contributed by atoms with van der Waals surface area (Å²) in [5, 5.41) is 8.14. The van der Waals surface area contributed by atoms with E-state index in [2.05, 4.69) is 10.4 Å². The van der Waals surface area contributed by atoms with Crippen LogP contribution in [0.1, 0.15) is 18.4 Å². The van der Waals surface area contributed by atoms with E-state index in [1.807, 2.05) is 24.3 Å². The Morgan fingerprint density at radius 2 is 2.05 bits per heavy atom. The molecule has 0 unspecified atom stereocenters. The molecule has 4 nitrogen and oxygen atoms in total. The minimum atomic E-state index is -0.0965. The summed E-state index contributed by atoms with van der Waals surface area (Å²) in [6.45, 7) is 1.39. The smallest absolute Gasteiger partial charge is 0.269 e. The lowest BCUT2D eigenvalue weighted by atomic mass is 10.2. The molecule has 1 aliphatic rings. The number of benzene rings is 1. The number of nitrogens with zero attached hydrogens (tertiary/aromatic N) is 2. The van der Waals surface area contributed by atoms with Crippen molar-refractivity contribution in [2.75, 3.05) is 11.9 Å². The summed E-state index contributed by atoms with van der Waals surface area (Å²) < 4.78 is 1.45. The van der Waals surface area contributed by atoms with Gasteiger partial charge in [-0.2, -0.15) is 5.10 Å². The molecule has 0 saturated heterocycles. The van der Waals surface area contributed by atoms with Gasteiger partial charge in [0.1, 0.15) is 0 Å². The molecule has 0 aliphatic heterocycles. The lowest BCUT2D eigenvalue weighted by molar-refractivity contribution is 0.639. The third-order valence-electron chi connectivity index (χ3n) is 3.41. The average molecular weight is 290 g/mol. The Morgan fingerprint density at radius 1 is 1.30 bits per heavy atom. The van der Waals surface area contributed by atoms with Crippen molar-refractivity contribution in [2.45, 2.75) is 19.4 Å². The highest BCUT2D eigenvalue weighted by Gasteiger charge is 2.20. The van der Waals surface area contributed by atoms with Crippen LogP contribution in [-0.4, -0.2) is 16.3 Å². The van der Waals surface area contributed by atoms with Crippen LogP contribution >= 0.6 is 11.6 Å². The van der Waals surface area contributed by atoms with Gasteiger partial charge in [0, 0.05) is 17.6 Å². The normalized spacial score (nSPS) is 14.2. The van der Waals surface area contributed by atoms with Crippen molar-refractivity contribution in [1.29, 1.82) is 0 Å². The molecule has 0 spiro atoms. The molecule has 0 amide bonds. The molecule has 1 aromatic carbocycles. The Morgan fingerprint density at radius 3 is 2.70 bits per heavy atom. The Hall–Kier alpha value is -1.81. The molecule has 0 bridgehead atoms. The van der Waals surface area contributed by atoms with Crippen LogP contribution in [0.15, 0.2) is 41.3 Å². The molecule has 5 heteroatoms. The van der Waals surface area contributed by atoms with Crippen molar-refractivity contribution in [3.8, 4) is 0 Å². The van der Waals surface area contributed by atoms with Gasteiger partial charge in [0.2, 0.25) is 0 Å². The van der Waals surface area contributed by atoms with Crippen LogP contribution < -0.4 is 10.9 Å². The molecule has 0 radical (unpaired) electrons. The summed E-state index contributed by atoms with van der Waals surface area (Å²) in [5.41, 5.74) is 1.71. The van der Waals surface area contributed by atoms with E-state index >= 15 is 0 Å². The lowest BCUT2D eigenvalue weighted by Gasteiger charge is -2.08. The van der Waals surface area contributed by atoms with Crippen molar-refractivity contribution < 1.29 is 0 Å². The summed E-state index contributed by atoms with van der Waals surface area (Å²) in [6.07, 6.45) is 4.28. The van der Waals surface area contributed by atoms with Crippen LogP contribution in [0.2, 0.25) is 5.02 Å². The van der Waals surface area contributed by atoms with E-state index in [0.29, 0.717) is 11.6 Å². The SMILES string of the molecule is O=c1cc(NCC2CC2)cnn1Cc1ccc(Cl)cc1. The molecular weight excluding hydrogens is 274 g/mol. The maximum atomic E-state index is 12.0. The van der Waals surface area contributed by atoms with Gasteiger partial charge >= 0.3 is 0 Å². The summed E-state index contributed by atoms with van der Waals surface area (Å²) in [7, 11) is 0. The Kier molecular flexibility index (Phi) is 3.74. The zero-order valence-corrected chi connectivity index (χ0v) is 11.8. The fraction of sp³-hybridized carbons (Fsp3) is 0.333. The third-order valence-corrected chi connectivity index (χ3v) is 3.66. The Labute approximate surface area is 122 Å². The molecule has 1 aliphatic carbocycles. The molecule has 20 heavy (non-hydrogen) atoms. The number of hydrogen-bond donors (Lipinski definition) is 1. The fourth-order valence-electron chi connectivity index (χ4n) is 2.00. The van der Waals surface area contributed by atoms with Gasteiger partial charge in [-0.15, -0.1) is 0 Å². The molecule has 0 atom stereocenters. The first-order valence-corrected chi connectivity index (χ1v) is 7.14. The summed E-state index contributed by atoms with van der Waals surface area (Å²) in [4.78, 5) is 12.0. The Bertz CT molecular complexity index is 647. The summed E-state index contributed by atoms with van der Waals surface area (Å²) in [6, 6.07) is 9.03. The second kappa shape index (κ2) is 5.67. The van der Waals surface area contributed by atoms with Crippen LogP contribution in [0.25, 0.3) is 0 Å². The number of rotatable bonds is 5. The van der Waals surface area contributed by atoms with E-state index in [9.17, 15) is 4.79 Å². The number of aromatic nitrogens is 2. The van der Waals surface area contributed by atoms with Gasteiger partial charge in [-0.25, -0.2) is 4.68 Å². The molecule has 104 valence electrons. The highest BCUT2D eigenvalue weighted by Crippen LogP contribution is 2.28. The second-order valence-electron chi connectivity index (χ2n) is 5.19. The third kappa shape index (κ3) is 3.39. The Balaban J connectivity index is 1.69. The van der Waals surface area contributed by atoms with Gasteiger partial charge in [-0.3, -0.25) is 4.79 Å². The summed E-state index contributed by atoms with van der Waals surface area (Å²) >= 11 is 5.84. The van der Waals surface area contributed by atoms with Crippen LogP contribution in [-0.2, 0) is 6.54 Å². The molecule has 3 rings (SSSR count). The standard InChI is InChI=1S/C15H16ClN3O/c16-13-5-3-12(4-6-13)10-19-15(20)7-14(9-18-19)17-8-11-1-2-11/h3-7,9,11,17H,1-2,8,10H2. The molecule has 1 N–H and O–H groups in total. The molecule has 1 fully saturated rings. The number of hydrogen-bond acceptors (Lipinski definition) is 3. The minimum Gasteiger partial charge on any atom is -0.383 e.